The Morgan fingerprint density at radius 1 is 1.36 bits per heavy atom. The number of hydrogen-bond acceptors (Lipinski definition) is 2. The maximum absolute atomic E-state index is 12.4. The van der Waals surface area contributed by atoms with Crippen molar-refractivity contribution in [2.75, 3.05) is 0 Å². The van der Waals surface area contributed by atoms with Crippen LogP contribution in [-0.2, 0) is 12.7 Å². The highest BCUT2D eigenvalue weighted by Gasteiger charge is 2.32. The van der Waals surface area contributed by atoms with Crippen LogP contribution in [0.4, 0.5) is 13.2 Å². The zero-order valence-electron chi connectivity index (χ0n) is 7.03. The van der Waals surface area contributed by atoms with E-state index in [2.05, 4.69) is 21.4 Å². The summed E-state index contributed by atoms with van der Waals surface area (Å²) in [6.07, 6.45) is -4.34. The molecule has 0 amide bonds. The molecule has 0 aromatic heterocycles. The van der Waals surface area contributed by atoms with Gasteiger partial charge in [-0.05, 0) is 17.7 Å². The average Bonchev–Trinajstić information content (AvgIpc) is 2.07. The van der Waals surface area contributed by atoms with Gasteiger partial charge in [0.2, 0.25) is 0 Å². The summed E-state index contributed by atoms with van der Waals surface area (Å²) in [5.74, 6) is 5.01. The van der Waals surface area contributed by atoms with E-state index in [0.29, 0.717) is 5.56 Å². The third kappa shape index (κ3) is 2.70. The first-order valence-corrected chi connectivity index (χ1v) is 4.53. The van der Waals surface area contributed by atoms with Crippen LogP contribution in [0.2, 0.25) is 0 Å². The van der Waals surface area contributed by atoms with Crippen LogP contribution in [0.5, 0.6) is 0 Å². The zero-order valence-corrected chi connectivity index (χ0v) is 8.61. The zero-order chi connectivity index (χ0) is 10.8. The lowest BCUT2D eigenvalue weighted by Crippen LogP contribution is -2.21. The Bertz CT molecular complexity index is 325. The van der Waals surface area contributed by atoms with Crippen molar-refractivity contribution in [3.8, 4) is 0 Å². The van der Waals surface area contributed by atoms with E-state index in [9.17, 15) is 13.2 Å². The SMILES string of the molecule is NNCc1ccc(Br)c(C(F)(F)F)c1. The maximum atomic E-state index is 12.4. The molecule has 1 aromatic rings. The highest BCUT2D eigenvalue weighted by molar-refractivity contribution is 9.10. The van der Waals surface area contributed by atoms with Crippen LogP contribution in [-0.4, -0.2) is 0 Å². The van der Waals surface area contributed by atoms with E-state index >= 15 is 0 Å². The predicted molar refractivity (Wildman–Crippen MR) is 50.2 cm³/mol. The Morgan fingerprint density at radius 2 is 2.00 bits per heavy atom. The number of rotatable bonds is 2. The quantitative estimate of drug-likeness (QED) is 0.639. The molecule has 14 heavy (non-hydrogen) atoms. The van der Waals surface area contributed by atoms with Gasteiger partial charge in [-0.2, -0.15) is 13.2 Å². The lowest BCUT2D eigenvalue weighted by atomic mass is 10.1. The van der Waals surface area contributed by atoms with Crippen molar-refractivity contribution in [1.29, 1.82) is 0 Å². The molecule has 1 rings (SSSR count). The first-order chi connectivity index (χ1) is 6.45. The van der Waals surface area contributed by atoms with E-state index in [0.717, 1.165) is 6.07 Å². The summed E-state index contributed by atoms with van der Waals surface area (Å²) in [6, 6.07) is 3.98. The average molecular weight is 269 g/mol. The highest BCUT2D eigenvalue weighted by atomic mass is 79.9. The van der Waals surface area contributed by atoms with Crippen LogP contribution < -0.4 is 11.3 Å². The molecule has 0 spiro atoms. The Kier molecular flexibility index (Phi) is 3.52. The molecule has 3 N–H and O–H groups in total. The summed E-state index contributed by atoms with van der Waals surface area (Å²) >= 11 is 2.85. The van der Waals surface area contributed by atoms with Crippen LogP contribution in [0.25, 0.3) is 0 Å². The Morgan fingerprint density at radius 3 is 2.50 bits per heavy atom. The number of alkyl halides is 3. The summed E-state index contributed by atoms with van der Waals surface area (Å²) in [5, 5.41) is 0. The van der Waals surface area contributed by atoms with Gasteiger partial charge in [0, 0.05) is 11.0 Å². The molecule has 0 bridgehead atoms. The monoisotopic (exact) mass is 268 g/mol. The minimum Gasteiger partial charge on any atom is -0.271 e. The molecule has 78 valence electrons. The molecule has 0 aliphatic heterocycles. The Balaban J connectivity index is 3.09. The third-order valence-corrected chi connectivity index (χ3v) is 2.33. The normalized spacial score (nSPS) is 11.8. The van der Waals surface area contributed by atoms with Crippen molar-refractivity contribution in [3.05, 3.63) is 33.8 Å². The summed E-state index contributed by atoms with van der Waals surface area (Å²) in [5.41, 5.74) is 2.10. The van der Waals surface area contributed by atoms with Gasteiger partial charge in [-0.1, -0.05) is 22.0 Å². The van der Waals surface area contributed by atoms with E-state index in [4.69, 9.17) is 5.84 Å². The molecular weight excluding hydrogens is 261 g/mol. The van der Waals surface area contributed by atoms with Crippen LogP contribution >= 0.6 is 15.9 Å². The summed E-state index contributed by atoms with van der Waals surface area (Å²) in [6.45, 7) is 0.205. The topological polar surface area (TPSA) is 38.0 Å². The minimum atomic E-state index is -4.34. The van der Waals surface area contributed by atoms with Crippen LogP contribution in [0.3, 0.4) is 0 Å². The second-order valence-corrected chi connectivity index (χ2v) is 3.55. The number of nitrogens with one attached hydrogen (secondary N) is 1. The molecule has 0 aliphatic carbocycles. The molecular formula is C8H8BrF3N2. The molecule has 0 atom stereocenters. The molecule has 0 saturated carbocycles. The number of hydrazine groups is 1. The van der Waals surface area contributed by atoms with E-state index in [-0.39, 0.29) is 11.0 Å². The lowest BCUT2D eigenvalue weighted by Gasteiger charge is -2.10. The molecule has 1 aromatic carbocycles. The van der Waals surface area contributed by atoms with Crippen molar-refractivity contribution >= 4 is 15.9 Å². The summed E-state index contributed by atoms with van der Waals surface area (Å²) < 4.78 is 37.2. The van der Waals surface area contributed by atoms with Crippen molar-refractivity contribution in [1.82, 2.24) is 5.43 Å². The first-order valence-electron chi connectivity index (χ1n) is 3.74. The second kappa shape index (κ2) is 4.29. The first kappa shape index (κ1) is 11.5. The molecule has 0 unspecified atom stereocenters. The van der Waals surface area contributed by atoms with Gasteiger partial charge >= 0.3 is 6.18 Å². The number of benzene rings is 1. The summed E-state index contributed by atoms with van der Waals surface area (Å²) in [4.78, 5) is 0. The third-order valence-electron chi connectivity index (χ3n) is 1.64. The van der Waals surface area contributed by atoms with E-state index < -0.39 is 11.7 Å². The predicted octanol–water partition coefficient (Wildman–Crippen LogP) is 2.43. The van der Waals surface area contributed by atoms with Gasteiger partial charge in [-0.25, -0.2) is 0 Å². The number of nitrogens with two attached hydrogens (primary N) is 1. The lowest BCUT2D eigenvalue weighted by molar-refractivity contribution is -0.138. The van der Waals surface area contributed by atoms with Crippen molar-refractivity contribution in [2.45, 2.75) is 12.7 Å². The second-order valence-electron chi connectivity index (χ2n) is 2.69. The van der Waals surface area contributed by atoms with Gasteiger partial charge in [0.05, 0.1) is 5.56 Å². The van der Waals surface area contributed by atoms with Gasteiger partial charge < -0.3 is 0 Å². The van der Waals surface area contributed by atoms with Gasteiger partial charge in [-0.3, -0.25) is 11.3 Å². The van der Waals surface area contributed by atoms with E-state index in [1.165, 1.54) is 6.07 Å². The number of hydrogen-bond donors (Lipinski definition) is 2. The summed E-state index contributed by atoms with van der Waals surface area (Å²) in [7, 11) is 0. The fraction of sp³-hybridized carbons (Fsp3) is 0.250. The maximum Gasteiger partial charge on any atom is 0.417 e. The smallest absolute Gasteiger partial charge is 0.271 e. The standard InChI is InChI=1S/C8H8BrF3N2/c9-7-2-1-5(4-14-13)3-6(7)8(10,11)12/h1-3,14H,4,13H2. The van der Waals surface area contributed by atoms with Crippen LogP contribution in [0, 0.1) is 0 Å². The number of halogens is 4. The largest absolute Gasteiger partial charge is 0.417 e. The van der Waals surface area contributed by atoms with Crippen molar-refractivity contribution in [3.63, 3.8) is 0 Å². The van der Waals surface area contributed by atoms with E-state index in [1.54, 1.807) is 6.07 Å². The molecule has 6 heteroatoms. The molecule has 0 fully saturated rings. The molecule has 2 nitrogen and oxygen atoms in total. The Labute approximate surface area is 87.4 Å². The van der Waals surface area contributed by atoms with Crippen LogP contribution in [0.15, 0.2) is 22.7 Å². The fourth-order valence-corrected chi connectivity index (χ4v) is 1.49. The van der Waals surface area contributed by atoms with Gasteiger partial charge in [0.25, 0.3) is 0 Å². The highest BCUT2D eigenvalue weighted by Crippen LogP contribution is 2.35. The van der Waals surface area contributed by atoms with Crippen molar-refractivity contribution in [2.24, 2.45) is 5.84 Å². The molecule has 0 heterocycles. The molecule has 0 saturated heterocycles. The van der Waals surface area contributed by atoms with Gasteiger partial charge in [0.15, 0.2) is 0 Å². The van der Waals surface area contributed by atoms with Crippen molar-refractivity contribution < 1.29 is 13.2 Å². The van der Waals surface area contributed by atoms with E-state index in [1.807, 2.05) is 0 Å². The van der Waals surface area contributed by atoms with Gasteiger partial charge in [0.1, 0.15) is 0 Å². The molecule has 0 radical (unpaired) electrons. The van der Waals surface area contributed by atoms with Crippen LogP contribution in [0.1, 0.15) is 11.1 Å². The Hall–Kier alpha value is -0.590. The molecule has 0 aliphatic rings. The minimum absolute atomic E-state index is 0.0331. The van der Waals surface area contributed by atoms with Gasteiger partial charge in [-0.15, -0.1) is 0 Å². The fourth-order valence-electron chi connectivity index (χ4n) is 1.02.